The Labute approximate surface area is 687 Å². The smallest absolute Gasteiger partial charge is 0.273 e. The van der Waals surface area contributed by atoms with Crippen molar-refractivity contribution in [1.82, 2.24) is 79.0 Å². The number of benzene rings is 8. The molecule has 8 heterocycles. The predicted octanol–water partition coefficient (Wildman–Crippen LogP) is 19.4. The number of rotatable bonds is 11. The van der Waals surface area contributed by atoms with Gasteiger partial charge in [0.2, 0.25) is 23.1 Å². The molecule has 0 atom stereocenters. The predicted molar refractivity (Wildman–Crippen MR) is 466 cm³/mol. The number of anilines is 6. The zero-order chi connectivity index (χ0) is 81.5. The first kappa shape index (κ1) is 82.2. The number of phenols is 4. The number of nitro benzene ring substituents is 1. The van der Waals surface area contributed by atoms with E-state index in [9.17, 15) is 30.5 Å². The Morgan fingerprint density at radius 3 is 1.05 bits per heavy atom. The minimum Gasteiger partial charge on any atom is -0.508 e. The summed E-state index contributed by atoms with van der Waals surface area (Å²) in [4.78, 5) is 44.7. The average Bonchev–Trinajstić information content (AvgIpc) is 1.26. The van der Waals surface area contributed by atoms with Crippen molar-refractivity contribution in [3.8, 4) is 90.9 Å². The fraction of sp³-hybridized carbons (Fsp3) is 0.122. The van der Waals surface area contributed by atoms with Gasteiger partial charge >= 0.3 is 0 Å². The van der Waals surface area contributed by atoms with Crippen molar-refractivity contribution >= 4 is 160 Å². The van der Waals surface area contributed by atoms with E-state index in [4.69, 9.17) is 18.0 Å². The Balaban J connectivity index is 0.000000141. The number of phenolic OH excluding ortho intramolecular Hbond substituents is 4. The summed E-state index contributed by atoms with van der Waals surface area (Å²) in [5, 5.41) is 80.2. The third kappa shape index (κ3) is 23.9. The molecule has 16 aromatic rings. The number of nitrogens with one attached hydrogen (secondary N) is 3. The van der Waals surface area contributed by atoms with E-state index < -0.39 is 21.1 Å². The molecule has 0 bridgehead atoms. The highest BCUT2D eigenvalue weighted by molar-refractivity contribution is 9.11. The highest BCUT2D eigenvalue weighted by Gasteiger charge is 2.15. The third-order valence-corrected chi connectivity index (χ3v) is 19.4. The van der Waals surface area contributed by atoms with Gasteiger partial charge < -0.3 is 36.4 Å². The highest BCUT2D eigenvalue weighted by Crippen LogP contribution is 2.34. The van der Waals surface area contributed by atoms with Crippen molar-refractivity contribution in [1.29, 1.82) is 0 Å². The van der Waals surface area contributed by atoms with E-state index in [1.807, 2.05) is 131 Å². The van der Waals surface area contributed by atoms with Crippen LogP contribution in [0, 0.1) is 33.5 Å². The van der Waals surface area contributed by atoms with Crippen LogP contribution in [0.4, 0.5) is 40.6 Å². The zero-order valence-corrected chi connectivity index (χ0v) is 70.6. The maximum Gasteiger partial charge on any atom is 0.273 e. The van der Waals surface area contributed by atoms with Gasteiger partial charge in [-0.3, -0.25) is 28.8 Å². The largest absolute Gasteiger partial charge is 0.508 e. The van der Waals surface area contributed by atoms with Gasteiger partial charge in [-0.25, -0.2) is 39.9 Å². The fourth-order valence-corrected chi connectivity index (χ4v) is 12.4. The third-order valence-electron chi connectivity index (χ3n) is 16.0. The summed E-state index contributed by atoms with van der Waals surface area (Å²) in [5.41, 5.74) is 19.1. The number of aromatic nitrogens is 16. The van der Waals surface area contributed by atoms with Crippen LogP contribution in [0.25, 0.3) is 88.1 Å². The number of hydrogen-bond donors (Lipinski definition) is 7. The minimum absolute atomic E-state index is 0.131. The molecule has 0 aliphatic rings. The summed E-state index contributed by atoms with van der Waals surface area (Å²) >= 11 is 15.9. The molecule has 7 N–H and O–H groups in total. The SMILES string of the molecule is C#C[Si](C)(C)C.Clc1ncc2cc(Br)ccc2n1.Cn1cc(-c2cc(O)cc(Nc3ncc4cc(Br)ccc4n3)c2)cn1.Cn1cc(-c2cc(O)cc(Nc3ncc4cc(Br)ccc4n3)c2)cn1.Cn1cc(-c2cc(O)cc(Nc3ncc4cc(C#C[Si](C)(C)C)ccc4n3)c2)cn1.Cn1cc(-c2cc(O)cc([N+](=O)[O-])c2)cn1. The van der Waals surface area contributed by atoms with Crippen LogP contribution in [0.1, 0.15) is 5.56 Å². The molecule has 0 spiro atoms. The second kappa shape index (κ2) is 36.6. The van der Waals surface area contributed by atoms with Gasteiger partial charge in [0.25, 0.3) is 5.69 Å². The zero-order valence-electron chi connectivity index (χ0n) is 63.1. The van der Waals surface area contributed by atoms with Gasteiger partial charge in [0.15, 0.2) is 0 Å². The number of terminal acetylenes is 1. The van der Waals surface area contributed by atoms with Crippen molar-refractivity contribution in [2.75, 3.05) is 16.0 Å². The Morgan fingerprint density at radius 2 is 0.728 bits per heavy atom. The number of aryl methyl sites for hydroxylation is 4. The molecule has 0 aliphatic heterocycles. The quantitative estimate of drug-likeness (QED) is 0.0208. The molecule has 0 unspecified atom stereocenters. The van der Waals surface area contributed by atoms with Crippen LogP contribution in [-0.4, -0.2) is 120 Å². The van der Waals surface area contributed by atoms with E-state index in [-0.39, 0.29) is 34.0 Å². The van der Waals surface area contributed by atoms with Crippen LogP contribution in [0.2, 0.25) is 44.6 Å². The number of nitro groups is 1. The van der Waals surface area contributed by atoms with Crippen LogP contribution in [0.5, 0.6) is 23.0 Å². The van der Waals surface area contributed by atoms with Gasteiger partial charge in [0.05, 0.1) is 57.8 Å². The molecule has 0 aliphatic carbocycles. The summed E-state index contributed by atoms with van der Waals surface area (Å²) in [5.74, 6) is 5.02. The number of aromatic hydroxyl groups is 4. The maximum absolute atomic E-state index is 10.6. The molecule has 32 heteroatoms. The highest BCUT2D eigenvalue weighted by atomic mass is 79.9. The van der Waals surface area contributed by atoms with Crippen LogP contribution in [0.15, 0.2) is 233 Å². The van der Waals surface area contributed by atoms with Gasteiger partial charge in [0, 0.05) is 182 Å². The second-order valence-corrected chi connectivity index (χ2v) is 40.4. The number of nitrogens with zero attached hydrogens (tertiary/aromatic N) is 17. The first-order chi connectivity index (χ1) is 54.2. The standard InChI is InChI=1S/C23H23N5OSi.2C18H14BrN5O.C10H9N3O3.C8H4BrClN2.C5H10Si/c1-28-15-19(14-25-28)17-10-20(12-21(29)11-17)26-23-24-13-18-9-16(5-6-22(18)27-23)7-8-30(2,3)4;2*1-24-10-13(9-21-24)11-5-15(7-16(25)6-11)22-18-20-8-12-4-14(19)2-3-17(12)23-18;1-12-6-8(5-11-12)7-2-9(13(15)16)4-10(14)3-7;9-6-1-2-7-5(3-6)4-11-8(10)12-7;1-5-6(2,3)4/h5-6,9-15,29H,1-4H3,(H,24,26,27);2*2-10,25H,1H3,(H,20,22,23);2-6,14H,1H3;1-4H;1H,2-4H3. The maximum atomic E-state index is 10.6. The van der Waals surface area contributed by atoms with Crippen LogP contribution >= 0.6 is 59.4 Å². The molecule has 114 heavy (non-hydrogen) atoms. The van der Waals surface area contributed by atoms with Gasteiger partial charge in [-0.1, -0.05) is 93.0 Å². The van der Waals surface area contributed by atoms with Gasteiger partial charge in [-0.15, -0.1) is 17.5 Å². The van der Waals surface area contributed by atoms with Gasteiger partial charge in [0.1, 0.15) is 39.1 Å². The van der Waals surface area contributed by atoms with Crippen molar-refractivity contribution in [2.24, 2.45) is 28.2 Å². The summed E-state index contributed by atoms with van der Waals surface area (Å²) in [6.45, 7) is 13.1. The first-order valence-electron chi connectivity index (χ1n) is 34.7. The molecule has 8 aromatic heterocycles. The van der Waals surface area contributed by atoms with E-state index in [1.165, 1.54) is 12.1 Å². The van der Waals surface area contributed by atoms with Crippen molar-refractivity contribution in [3.63, 3.8) is 0 Å². The van der Waals surface area contributed by atoms with E-state index in [0.717, 1.165) is 108 Å². The lowest BCUT2D eigenvalue weighted by Crippen LogP contribution is -2.16. The summed E-state index contributed by atoms with van der Waals surface area (Å²) in [7, 11) is 4.79. The van der Waals surface area contributed by atoms with Gasteiger partial charge in [-0.2, -0.15) is 20.4 Å². The number of halogens is 4. The molecular formula is C82H74Br3ClN20O6Si2. The second-order valence-electron chi connectivity index (χ2n) is 27.8. The fourth-order valence-electron chi connectivity index (χ4n) is 10.6. The lowest BCUT2D eigenvalue weighted by atomic mass is 10.1. The first-order valence-corrected chi connectivity index (χ1v) is 44.5. The molecule has 0 saturated carbocycles. The average molecular weight is 1770 g/mol. The Hall–Kier alpha value is -12.8. The lowest BCUT2D eigenvalue weighted by molar-refractivity contribution is -0.384. The van der Waals surface area contributed by atoms with Crippen molar-refractivity contribution < 1.29 is 25.3 Å². The van der Waals surface area contributed by atoms with Gasteiger partial charge in [-0.05, 0) is 149 Å². The van der Waals surface area contributed by atoms with E-state index in [2.05, 4.69) is 180 Å². The molecule has 26 nitrogen and oxygen atoms in total. The topological polar surface area (TPSA) is 335 Å². The molecule has 0 amide bonds. The molecule has 0 fully saturated rings. The number of hydrogen-bond acceptors (Lipinski definition) is 21. The van der Waals surface area contributed by atoms with Crippen molar-refractivity contribution in [2.45, 2.75) is 39.3 Å². The summed E-state index contributed by atoms with van der Waals surface area (Å²) in [6.07, 6.45) is 26.4. The van der Waals surface area contributed by atoms with Crippen molar-refractivity contribution in [3.05, 3.63) is 254 Å². The monoisotopic (exact) mass is 1760 g/mol. The number of fused-ring (bicyclic) bond motifs is 4. The molecule has 0 saturated heterocycles. The van der Waals surface area contributed by atoms with E-state index >= 15 is 0 Å². The molecule has 8 aromatic carbocycles. The number of non-ortho nitro benzene ring substituents is 1. The lowest BCUT2D eigenvalue weighted by Gasteiger charge is -2.09. The minimum atomic E-state index is -1.42. The summed E-state index contributed by atoms with van der Waals surface area (Å²) in [6, 6.07) is 43.1. The summed E-state index contributed by atoms with van der Waals surface area (Å²) < 4.78 is 9.73. The molecular weight excluding hydrogens is 1690 g/mol. The Morgan fingerprint density at radius 1 is 0.412 bits per heavy atom. The Kier molecular flexibility index (Phi) is 26.4. The molecule has 574 valence electrons. The Bertz CT molecular complexity index is 6100. The van der Waals surface area contributed by atoms with Crippen LogP contribution < -0.4 is 16.0 Å². The van der Waals surface area contributed by atoms with Crippen LogP contribution in [-0.2, 0) is 28.2 Å². The van der Waals surface area contributed by atoms with E-state index in [1.54, 1.807) is 118 Å². The molecule has 0 radical (unpaired) electrons. The van der Waals surface area contributed by atoms with Crippen LogP contribution in [0.3, 0.4) is 0 Å². The van der Waals surface area contributed by atoms with E-state index in [0.29, 0.717) is 40.5 Å². The normalized spacial score (nSPS) is 10.9. The molecule has 16 rings (SSSR count).